The molecule has 6 N–H and O–H groups in total. The molecule has 132 valence electrons. The van der Waals surface area contributed by atoms with E-state index in [1.165, 1.54) is 7.11 Å². The van der Waals surface area contributed by atoms with Crippen molar-refractivity contribution < 1.29 is 18.9 Å². The normalized spacial score (nSPS) is 35.8. The zero-order valence-corrected chi connectivity index (χ0v) is 14.3. The minimum atomic E-state index is -0.735. The van der Waals surface area contributed by atoms with Crippen LogP contribution >= 0.6 is 11.9 Å². The van der Waals surface area contributed by atoms with Gasteiger partial charge in [0, 0.05) is 31.2 Å². The Morgan fingerprint density at radius 3 is 2.38 bits per heavy atom. The van der Waals surface area contributed by atoms with E-state index in [0.29, 0.717) is 49.3 Å². The van der Waals surface area contributed by atoms with E-state index >= 15 is 0 Å². The number of hydrogen-bond acceptors (Lipinski definition) is 7. The minimum Gasteiger partial charge on any atom is -0.397 e. The smallest absolute Gasteiger partial charge is 0.320 e. The molecule has 0 spiro atoms. The van der Waals surface area contributed by atoms with Gasteiger partial charge in [-0.3, -0.25) is 14.1 Å². The van der Waals surface area contributed by atoms with Crippen molar-refractivity contribution in [3.63, 3.8) is 0 Å². The van der Waals surface area contributed by atoms with Gasteiger partial charge in [-0.05, 0) is 0 Å². The van der Waals surface area contributed by atoms with E-state index in [2.05, 4.69) is 9.55 Å². The summed E-state index contributed by atoms with van der Waals surface area (Å²) in [5, 5.41) is 3.73. The molecule has 4 rings (SSSR count). The van der Waals surface area contributed by atoms with Crippen LogP contribution in [0.4, 0.5) is 0 Å². The lowest BCUT2D eigenvalue weighted by molar-refractivity contribution is -0.865. The molecule has 4 heterocycles. The van der Waals surface area contributed by atoms with Crippen molar-refractivity contribution in [2.24, 2.45) is 32.2 Å². The van der Waals surface area contributed by atoms with Crippen molar-refractivity contribution >= 4 is 35.6 Å². The van der Waals surface area contributed by atoms with Crippen LogP contribution < -0.4 is 17.2 Å². The maximum atomic E-state index is 11.8. The van der Waals surface area contributed by atoms with Gasteiger partial charge in [-0.15, -0.1) is 4.40 Å². The number of fused-ring (bicyclic) bond motifs is 3. The molecule has 3 saturated heterocycles. The van der Waals surface area contributed by atoms with Crippen LogP contribution in [0.15, 0.2) is 9.55 Å². The average Bonchev–Trinajstić information content (AvgIpc) is 2.96. The van der Waals surface area contributed by atoms with E-state index in [1.54, 1.807) is 4.90 Å². The Morgan fingerprint density at radius 2 is 1.92 bits per heavy atom. The van der Waals surface area contributed by atoms with Gasteiger partial charge < -0.3 is 22.0 Å². The predicted molar refractivity (Wildman–Crippen MR) is 88.8 cm³/mol. The first-order chi connectivity index (χ1) is 11.4. The predicted octanol–water partition coefficient (Wildman–Crippen LogP) is -1.52. The van der Waals surface area contributed by atoms with E-state index in [9.17, 15) is 9.59 Å². The summed E-state index contributed by atoms with van der Waals surface area (Å²) >= 11 is 1.16. The van der Waals surface area contributed by atoms with Gasteiger partial charge in [0.2, 0.25) is 11.7 Å². The molecule has 0 aromatic rings. The Labute approximate surface area is 143 Å². The first-order valence-electron chi connectivity index (χ1n) is 7.71. The van der Waals surface area contributed by atoms with E-state index in [-0.39, 0.29) is 11.7 Å². The highest BCUT2D eigenvalue weighted by Gasteiger charge is 2.57. The molecule has 0 saturated carbocycles. The van der Waals surface area contributed by atoms with Gasteiger partial charge in [0.25, 0.3) is 5.91 Å². The highest BCUT2D eigenvalue weighted by atomic mass is 32.2. The number of hydrogen-bond donors (Lipinski definition) is 3. The Morgan fingerprint density at radius 1 is 1.33 bits per heavy atom. The van der Waals surface area contributed by atoms with E-state index < -0.39 is 16.8 Å². The second-order valence-electron chi connectivity index (χ2n) is 6.43. The van der Waals surface area contributed by atoms with Gasteiger partial charge in [0.15, 0.2) is 5.50 Å². The summed E-state index contributed by atoms with van der Waals surface area (Å²) in [6.07, 6.45) is 2.09. The second kappa shape index (κ2) is 5.90. The number of amidine groups is 1. The third-order valence-corrected chi connectivity index (χ3v) is 6.04. The van der Waals surface area contributed by atoms with Crippen LogP contribution in [0.1, 0.15) is 19.3 Å². The molecule has 0 aromatic carbocycles. The number of nitrogens with two attached hydrogens (primary N) is 3. The highest BCUT2D eigenvalue weighted by Crippen LogP contribution is 2.45. The van der Waals surface area contributed by atoms with Crippen molar-refractivity contribution in [2.45, 2.75) is 24.8 Å². The average molecular weight is 356 g/mol. The van der Waals surface area contributed by atoms with E-state index in [1.807, 2.05) is 0 Å². The largest absolute Gasteiger partial charge is 0.397 e. The first kappa shape index (κ1) is 17.0. The van der Waals surface area contributed by atoms with Crippen LogP contribution in [0, 0.1) is 5.41 Å². The Bertz CT molecular complexity index is 611. The van der Waals surface area contributed by atoms with Crippen LogP contribution in [0.25, 0.3) is 0 Å². The van der Waals surface area contributed by atoms with Gasteiger partial charge in [-0.2, -0.15) is 0 Å². The fraction of sp³-hybridized carbons (Fsp3) is 0.692. The molecule has 4 aliphatic heterocycles. The van der Waals surface area contributed by atoms with E-state index in [4.69, 9.17) is 22.0 Å². The maximum absolute atomic E-state index is 11.8. The van der Waals surface area contributed by atoms with Crippen LogP contribution in [0.3, 0.4) is 0 Å². The minimum absolute atomic E-state index is 0.0708. The number of quaternary nitrogens is 1. The van der Waals surface area contributed by atoms with Gasteiger partial charge >= 0.3 is 5.96 Å². The molecule has 4 aliphatic rings. The van der Waals surface area contributed by atoms with Gasteiger partial charge in [-0.25, -0.2) is 4.90 Å². The Kier molecular flexibility index (Phi) is 4.18. The number of carbonyl (C=O) groups is 2. The Balaban J connectivity index is 1.91. The van der Waals surface area contributed by atoms with Gasteiger partial charge in [0.1, 0.15) is 7.11 Å². The Hall–Kier alpha value is -1.85. The van der Waals surface area contributed by atoms with E-state index in [0.717, 1.165) is 11.9 Å². The monoisotopic (exact) mass is 356 g/mol. The fourth-order valence-corrected chi connectivity index (χ4v) is 4.55. The second-order valence-corrected chi connectivity index (χ2v) is 7.31. The SMILES string of the molecule is CO/N=C(/C(N)=O)N1C([N+]23CCC(C(N)=O)(CC2)CC3)=NSC1N. The molecule has 2 amide bonds. The maximum Gasteiger partial charge on any atom is 0.320 e. The van der Waals surface area contributed by atoms with Crippen molar-refractivity contribution in [2.75, 3.05) is 26.7 Å². The molecule has 1 unspecified atom stereocenters. The summed E-state index contributed by atoms with van der Waals surface area (Å²) in [5.41, 5.74) is 16.1. The molecular weight excluding hydrogens is 334 g/mol. The summed E-state index contributed by atoms with van der Waals surface area (Å²) in [6.45, 7) is 2.14. The van der Waals surface area contributed by atoms with Crippen molar-refractivity contribution in [1.29, 1.82) is 0 Å². The number of piperidine rings is 3. The number of rotatable bonds is 2. The van der Waals surface area contributed by atoms with Crippen LogP contribution in [0.2, 0.25) is 0 Å². The third kappa shape index (κ3) is 2.43. The molecule has 0 aliphatic carbocycles. The number of oxime groups is 1. The molecule has 0 radical (unpaired) electrons. The first-order valence-corrected chi connectivity index (χ1v) is 8.55. The van der Waals surface area contributed by atoms with Crippen LogP contribution in [-0.4, -0.2) is 65.2 Å². The van der Waals surface area contributed by atoms with Crippen LogP contribution in [-0.2, 0) is 14.4 Å². The van der Waals surface area contributed by atoms with Gasteiger partial charge in [0.05, 0.1) is 25.0 Å². The zero-order valence-electron chi connectivity index (χ0n) is 13.5. The molecular formula is C13H22N7O3S+. The standard InChI is InChI=1S/C13H21N7O3S/c1-23-17-9(8(14)21)19-11(16)24-18-12(19)20-5-2-13(3-6-20,4-7-20)10(15)22/h11H,2-7,16H2,1H3,(H3-,14,15,21,22)/p+1/b17-9-. The van der Waals surface area contributed by atoms with Crippen molar-refractivity contribution in [3.8, 4) is 0 Å². The third-order valence-electron chi connectivity index (χ3n) is 5.34. The lowest BCUT2D eigenvalue weighted by atomic mass is 9.70. The topological polar surface area (TPSA) is 149 Å². The summed E-state index contributed by atoms with van der Waals surface area (Å²) < 4.78 is 5.04. The molecule has 0 aromatic heterocycles. The lowest BCUT2D eigenvalue weighted by Crippen LogP contribution is -2.70. The summed E-state index contributed by atoms with van der Waals surface area (Å²) in [5.74, 6) is -0.394. The molecule has 24 heavy (non-hydrogen) atoms. The number of amides is 2. The molecule has 3 fully saturated rings. The summed E-state index contributed by atoms with van der Waals surface area (Å²) in [4.78, 5) is 29.9. The number of nitrogens with zero attached hydrogens (tertiary/aromatic N) is 4. The fourth-order valence-electron chi connectivity index (χ4n) is 3.79. The molecule has 11 heteroatoms. The van der Waals surface area contributed by atoms with Crippen LogP contribution in [0.5, 0.6) is 0 Å². The summed E-state index contributed by atoms with van der Waals surface area (Å²) in [7, 11) is 1.34. The highest BCUT2D eigenvalue weighted by molar-refractivity contribution is 7.99. The van der Waals surface area contributed by atoms with Gasteiger partial charge in [-0.1, -0.05) is 5.16 Å². The molecule has 10 nitrogen and oxygen atoms in total. The quantitative estimate of drug-likeness (QED) is 0.180. The summed E-state index contributed by atoms with van der Waals surface area (Å²) in [6, 6.07) is 0. The van der Waals surface area contributed by atoms with Crippen molar-refractivity contribution in [1.82, 2.24) is 4.90 Å². The molecule has 1 atom stereocenters. The molecule has 2 bridgehead atoms. The number of carbonyl (C=O) groups excluding carboxylic acids is 2. The van der Waals surface area contributed by atoms with Crippen molar-refractivity contribution in [3.05, 3.63) is 0 Å². The zero-order chi connectivity index (χ0) is 17.5. The number of primary amides is 2. The number of guanidine groups is 1. The lowest BCUT2D eigenvalue weighted by Gasteiger charge is -2.53.